The molecule has 0 aliphatic rings. The lowest BCUT2D eigenvalue weighted by molar-refractivity contribution is 0.410. The third kappa shape index (κ3) is 4.00. The fourth-order valence-electron chi connectivity index (χ4n) is 2.11. The summed E-state index contributed by atoms with van der Waals surface area (Å²) in [4.78, 5) is 0. The van der Waals surface area contributed by atoms with Gasteiger partial charge in [0.1, 0.15) is 5.75 Å². The van der Waals surface area contributed by atoms with Crippen LogP contribution in [0, 0.1) is 13.8 Å². The van der Waals surface area contributed by atoms with E-state index in [0.717, 1.165) is 24.2 Å². The van der Waals surface area contributed by atoms with Gasteiger partial charge in [0.15, 0.2) is 0 Å². The lowest BCUT2D eigenvalue weighted by Gasteiger charge is -2.22. The molecule has 0 amide bonds. The van der Waals surface area contributed by atoms with Gasteiger partial charge in [-0.15, -0.1) is 0 Å². The van der Waals surface area contributed by atoms with Crippen molar-refractivity contribution in [2.75, 3.05) is 7.11 Å². The van der Waals surface area contributed by atoms with E-state index in [4.69, 9.17) is 16.2 Å². The number of benzene rings is 1. The third-order valence-electron chi connectivity index (χ3n) is 3.28. The fraction of sp³-hybridized carbons (Fsp3) is 0.600. The van der Waals surface area contributed by atoms with Crippen LogP contribution in [0.3, 0.4) is 0 Å². The van der Waals surface area contributed by atoms with E-state index in [-0.39, 0.29) is 11.6 Å². The van der Waals surface area contributed by atoms with Gasteiger partial charge in [-0.1, -0.05) is 6.07 Å². The maximum Gasteiger partial charge on any atom is 0.122 e. The summed E-state index contributed by atoms with van der Waals surface area (Å²) < 4.78 is 5.31. The number of hydrogen-bond acceptors (Lipinski definition) is 3. The van der Waals surface area contributed by atoms with Crippen LogP contribution in [0.25, 0.3) is 0 Å². The molecule has 0 saturated carbocycles. The molecule has 3 nitrogen and oxygen atoms in total. The molecule has 1 atom stereocenters. The smallest absolute Gasteiger partial charge is 0.122 e. The van der Waals surface area contributed by atoms with Gasteiger partial charge in [0.25, 0.3) is 0 Å². The van der Waals surface area contributed by atoms with Crippen molar-refractivity contribution in [1.29, 1.82) is 0 Å². The lowest BCUT2D eigenvalue weighted by atomic mass is 9.91. The van der Waals surface area contributed by atoms with Crippen LogP contribution in [0.15, 0.2) is 12.1 Å². The Morgan fingerprint density at radius 1 is 1.22 bits per heavy atom. The molecule has 0 spiro atoms. The zero-order chi connectivity index (χ0) is 13.9. The van der Waals surface area contributed by atoms with Gasteiger partial charge < -0.3 is 16.2 Å². The molecule has 1 unspecified atom stereocenters. The minimum absolute atomic E-state index is 0.0393. The molecule has 3 heteroatoms. The third-order valence-corrected chi connectivity index (χ3v) is 3.28. The molecule has 1 rings (SSSR count). The van der Waals surface area contributed by atoms with Crippen molar-refractivity contribution in [2.24, 2.45) is 11.5 Å². The molecule has 0 saturated heterocycles. The molecule has 0 aliphatic heterocycles. The standard InChI is InChI=1S/C15H26N2O/c1-10-9-14(18-5)11(2)8-12(10)13(16)6-7-15(3,4)17/h8-9,13H,6-7,16-17H2,1-5H3. The van der Waals surface area contributed by atoms with Crippen molar-refractivity contribution in [2.45, 2.75) is 52.1 Å². The number of nitrogens with two attached hydrogens (primary N) is 2. The molecule has 0 fully saturated rings. The van der Waals surface area contributed by atoms with E-state index in [1.54, 1.807) is 7.11 Å². The van der Waals surface area contributed by atoms with Gasteiger partial charge in [0.2, 0.25) is 0 Å². The van der Waals surface area contributed by atoms with Crippen LogP contribution in [0.1, 0.15) is 49.4 Å². The normalized spacial score (nSPS) is 13.5. The van der Waals surface area contributed by atoms with Crippen LogP contribution in [-0.4, -0.2) is 12.6 Å². The minimum atomic E-state index is -0.160. The summed E-state index contributed by atoms with van der Waals surface area (Å²) in [5, 5.41) is 0. The van der Waals surface area contributed by atoms with Crippen molar-refractivity contribution in [1.82, 2.24) is 0 Å². The second kappa shape index (κ2) is 5.72. The van der Waals surface area contributed by atoms with E-state index in [2.05, 4.69) is 19.1 Å². The van der Waals surface area contributed by atoms with Gasteiger partial charge in [0.05, 0.1) is 7.11 Å². The van der Waals surface area contributed by atoms with Crippen molar-refractivity contribution < 1.29 is 4.74 Å². The van der Waals surface area contributed by atoms with Crippen LogP contribution in [0.4, 0.5) is 0 Å². The van der Waals surface area contributed by atoms with E-state index >= 15 is 0 Å². The Bertz CT molecular complexity index is 408. The maximum atomic E-state index is 6.27. The van der Waals surface area contributed by atoms with Gasteiger partial charge in [-0.2, -0.15) is 0 Å². The number of rotatable bonds is 5. The van der Waals surface area contributed by atoms with Gasteiger partial charge in [-0.25, -0.2) is 0 Å². The first kappa shape index (κ1) is 15.0. The van der Waals surface area contributed by atoms with E-state index in [1.165, 1.54) is 11.1 Å². The molecule has 0 radical (unpaired) electrons. The minimum Gasteiger partial charge on any atom is -0.496 e. The highest BCUT2D eigenvalue weighted by atomic mass is 16.5. The summed E-state index contributed by atoms with van der Waals surface area (Å²) in [6.45, 7) is 8.18. The summed E-state index contributed by atoms with van der Waals surface area (Å²) in [5.41, 5.74) is 15.6. The van der Waals surface area contributed by atoms with Crippen molar-refractivity contribution in [3.8, 4) is 5.75 Å². The number of aryl methyl sites for hydroxylation is 2. The fourth-order valence-corrected chi connectivity index (χ4v) is 2.11. The molecule has 4 N–H and O–H groups in total. The largest absolute Gasteiger partial charge is 0.496 e. The monoisotopic (exact) mass is 250 g/mol. The summed E-state index contributed by atoms with van der Waals surface area (Å²) >= 11 is 0. The topological polar surface area (TPSA) is 61.3 Å². The summed E-state index contributed by atoms with van der Waals surface area (Å²) in [6, 6.07) is 4.22. The lowest BCUT2D eigenvalue weighted by Crippen LogP contribution is -2.32. The van der Waals surface area contributed by atoms with Crippen LogP contribution in [0.5, 0.6) is 5.75 Å². The van der Waals surface area contributed by atoms with Crippen LogP contribution >= 0.6 is 0 Å². The first-order valence-electron chi connectivity index (χ1n) is 6.44. The van der Waals surface area contributed by atoms with Gasteiger partial charge in [-0.3, -0.25) is 0 Å². The van der Waals surface area contributed by atoms with Gasteiger partial charge in [-0.05, 0) is 63.3 Å². The average molecular weight is 250 g/mol. The summed E-state index contributed by atoms with van der Waals surface area (Å²) in [7, 11) is 1.69. The highest BCUT2D eigenvalue weighted by Gasteiger charge is 2.16. The number of methoxy groups -OCH3 is 1. The Balaban J connectivity index is 2.86. The van der Waals surface area contributed by atoms with E-state index in [1.807, 2.05) is 20.8 Å². The maximum absolute atomic E-state index is 6.27. The molecular weight excluding hydrogens is 224 g/mol. The van der Waals surface area contributed by atoms with Crippen molar-refractivity contribution >= 4 is 0 Å². The van der Waals surface area contributed by atoms with Gasteiger partial charge >= 0.3 is 0 Å². The second-order valence-electron chi connectivity index (χ2n) is 5.81. The molecule has 102 valence electrons. The van der Waals surface area contributed by atoms with Crippen molar-refractivity contribution in [3.63, 3.8) is 0 Å². The molecule has 0 aliphatic carbocycles. The molecule has 0 aromatic heterocycles. The quantitative estimate of drug-likeness (QED) is 0.844. The van der Waals surface area contributed by atoms with E-state index in [9.17, 15) is 0 Å². The average Bonchev–Trinajstić information content (AvgIpc) is 2.27. The van der Waals surface area contributed by atoms with Crippen LogP contribution in [-0.2, 0) is 0 Å². The highest BCUT2D eigenvalue weighted by Crippen LogP contribution is 2.28. The first-order chi connectivity index (χ1) is 8.24. The molecule has 0 bridgehead atoms. The SMILES string of the molecule is COc1cc(C)c(C(N)CCC(C)(C)N)cc1C. The zero-order valence-electron chi connectivity index (χ0n) is 12.2. The highest BCUT2D eigenvalue weighted by molar-refractivity contribution is 5.42. The van der Waals surface area contributed by atoms with Gasteiger partial charge in [0, 0.05) is 11.6 Å². The Morgan fingerprint density at radius 2 is 1.83 bits per heavy atom. The Hall–Kier alpha value is -1.06. The Kier molecular flexibility index (Phi) is 4.77. The summed E-state index contributed by atoms with van der Waals surface area (Å²) in [5.74, 6) is 0.919. The molecular formula is C15H26N2O. The predicted octanol–water partition coefficient (Wildman–Crippen LogP) is 2.83. The van der Waals surface area contributed by atoms with Crippen molar-refractivity contribution in [3.05, 3.63) is 28.8 Å². The molecule has 18 heavy (non-hydrogen) atoms. The summed E-state index contributed by atoms with van der Waals surface area (Å²) in [6.07, 6.45) is 1.81. The second-order valence-corrected chi connectivity index (χ2v) is 5.81. The van der Waals surface area contributed by atoms with Crippen LogP contribution in [0.2, 0.25) is 0 Å². The predicted molar refractivity (Wildman–Crippen MR) is 76.9 cm³/mol. The Morgan fingerprint density at radius 3 is 2.33 bits per heavy atom. The Labute approximate surface area is 111 Å². The van der Waals surface area contributed by atoms with Crippen LogP contribution < -0.4 is 16.2 Å². The molecule has 1 aromatic carbocycles. The first-order valence-corrected chi connectivity index (χ1v) is 6.44. The number of ether oxygens (including phenoxy) is 1. The van der Waals surface area contributed by atoms with E-state index < -0.39 is 0 Å². The number of hydrogen-bond donors (Lipinski definition) is 2. The molecule has 0 heterocycles. The zero-order valence-corrected chi connectivity index (χ0v) is 12.2. The van der Waals surface area contributed by atoms with E-state index in [0.29, 0.717) is 0 Å². The molecule has 1 aromatic rings.